The Balaban J connectivity index is 1.82. The predicted octanol–water partition coefficient (Wildman–Crippen LogP) is 2.21. The summed E-state index contributed by atoms with van der Waals surface area (Å²) < 4.78 is 3.88. The van der Waals surface area contributed by atoms with E-state index in [-0.39, 0.29) is 6.61 Å². The average Bonchev–Trinajstić information content (AvgIpc) is 3.09. The summed E-state index contributed by atoms with van der Waals surface area (Å²) in [7, 11) is 0. The van der Waals surface area contributed by atoms with Gasteiger partial charge in [0.25, 0.3) is 0 Å². The first-order valence-corrected chi connectivity index (χ1v) is 6.20. The largest absolute Gasteiger partial charge is 0.390 e. The van der Waals surface area contributed by atoms with Crippen molar-refractivity contribution >= 4 is 0 Å². The van der Waals surface area contributed by atoms with Crippen molar-refractivity contribution in [2.45, 2.75) is 13.2 Å². The van der Waals surface area contributed by atoms with Crippen molar-refractivity contribution < 1.29 is 5.11 Å². The third-order valence-corrected chi connectivity index (χ3v) is 3.10. The van der Waals surface area contributed by atoms with Gasteiger partial charge in [-0.2, -0.15) is 5.10 Å². The summed E-state index contributed by atoms with van der Waals surface area (Å²) in [5.41, 5.74) is 3.06. The predicted molar refractivity (Wildman–Crippen MR) is 73.0 cm³/mol. The van der Waals surface area contributed by atoms with Crippen molar-refractivity contribution in [2.75, 3.05) is 0 Å². The Kier molecular flexibility index (Phi) is 3.16. The van der Waals surface area contributed by atoms with Gasteiger partial charge in [-0.05, 0) is 24.3 Å². The van der Waals surface area contributed by atoms with Crippen molar-refractivity contribution in [3.8, 4) is 5.69 Å². The minimum absolute atomic E-state index is 0.0554. The van der Waals surface area contributed by atoms with Gasteiger partial charge in [-0.1, -0.05) is 18.2 Å². The van der Waals surface area contributed by atoms with E-state index in [1.807, 2.05) is 70.3 Å². The van der Waals surface area contributed by atoms with Crippen LogP contribution >= 0.6 is 0 Å². The van der Waals surface area contributed by atoms with E-state index in [4.69, 9.17) is 0 Å². The van der Waals surface area contributed by atoms with E-state index in [1.54, 1.807) is 0 Å². The van der Waals surface area contributed by atoms with Crippen LogP contribution in [0.15, 0.2) is 61.1 Å². The Bertz CT molecular complexity index is 655. The zero-order valence-electron chi connectivity index (χ0n) is 10.5. The lowest BCUT2D eigenvalue weighted by molar-refractivity contribution is 0.271. The molecule has 0 aliphatic carbocycles. The Morgan fingerprint density at radius 1 is 1.05 bits per heavy atom. The molecule has 0 unspecified atom stereocenters. The van der Waals surface area contributed by atoms with Crippen LogP contribution in [0.5, 0.6) is 0 Å². The van der Waals surface area contributed by atoms with E-state index in [0.29, 0.717) is 0 Å². The summed E-state index contributed by atoms with van der Waals surface area (Å²) in [4.78, 5) is 0. The fraction of sp³-hybridized carbons (Fsp3) is 0.133. The smallest absolute Gasteiger partial charge is 0.0832 e. The molecule has 0 spiro atoms. The van der Waals surface area contributed by atoms with E-state index in [1.165, 1.54) is 0 Å². The second-order valence-electron chi connectivity index (χ2n) is 4.41. The molecule has 0 saturated heterocycles. The molecule has 0 radical (unpaired) electrons. The van der Waals surface area contributed by atoms with E-state index >= 15 is 0 Å². The zero-order chi connectivity index (χ0) is 13.1. The number of hydrogen-bond donors (Lipinski definition) is 1. The molecule has 1 aromatic carbocycles. The van der Waals surface area contributed by atoms with E-state index < -0.39 is 0 Å². The highest BCUT2D eigenvalue weighted by molar-refractivity contribution is 5.31. The van der Waals surface area contributed by atoms with Crippen molar-refractivity contribution in [3.05, 3.63) is 72.3 Å². The van der Waals surface area contributed by atoms with Gasteiger partial charge in [0, 0.05) is 23.7 Å². The molecule has 0 saturated carbocycles. The van der Waals surface area contributed by atoms with Crippen molar-refractivity contribution in [3.63, 3.8) is 0 Å². The fourth-order valence-electron chi connectivity index (χ4n) is 2.11. The topological polar surface area (TPSA) is 43.0 Å². The molecular weight excluding hydrogens is 238 g/mol. The van der Waals surface area contributed by atoms with Crippen LogP contribution in [0.4, 0.5) is 0 Å². The molecule has 0 aliphatic rings. The zero-order valence-corrected chi connectivity index (χ0v) is 10.5. The highest BCUT2D eigenvalue weighted by Crippen LogP contribution is 2.10. The number of para-hydroxylation sites is 1. The Morgan fingerprint density at radius 3 is 2.68 bits per heavy atom. The molecule has 0 fully saturated rings. The monoisotopic (exact) mass is 253 g/mol. The second kappa shape index (κ2) is 5.12. The third-order valence-electron chi connectivity index (χ3n) is 3.10. The highest BCUT2D eigenvalue weighted by Gasteiger charge is 2.04. The van der Waals surface area contributed by atoms with Crippen LogP contribution in [-0.4, -0.2) is 19.5 Å². The number of hydrogen-bond acceptors (Lipinski definition) is 2. The highest BCUT2D eigenvalue weighted by atomic mass is 16.3. The number of rotatable bonds is 4. The molecule has 4 heteroatoms. The van der Waals surface area contributed by atoms with Gasteiger partial charge in [-0.25, -0.2) is 4.68 Å². The molecule has 0 bridgehead atoms. The Morgan fingerprint density at radius 2 is 1.89 bits per heavy atom. The molecule has 96 valence electrons. The van der Waals surface area contributed by atoms with Crippen LogP contribution in [-0.2, 0) is 13.2 Å². The van der Waals surface area contributed by atoms with Crippen molar-refractivity contribution in [1.29, 1.82) is 0 Å². The summed E-state index contributed by atoms with van der Waals surface area (Å²) in [5, 5.41) is 13.6. The first kappa shape index (κ1) is 11.7. The molecule has 2 heterocycles. The van der Waals surface area contributed by atoms with Gasteiger partial charge < -0.3 is 9.67 Å². The van der Waals surface area contributed by atoms with Gasteiger partial charge in [0.15, 0.2) is 0 Å². The van der Waals surface area contributed by atoms with Crippen LogP contribution in [0.25, 0.3) is 5.69 Å². The Hall–Kier alpha value is -2.33. The molecular formula is C15H15N3O. The minimum Gasteiger partial charge on any atom is -0.390 e. The van der Waals surface area contributed by atoms with Crippen molar-refractivity contribution in [2.24, 2.45) is 0 Å². The number of aromatic nitrogens is 3. The van der Waals surface area contributed by atoms with E-state index in [0.717, 1.165) is 23.5 Å². The van der Waals surface area contributed by atoms with Gasteiger partial charge >= 0.3 is 0 Å². The molecule has 3 rings (SSSR count). The maximum atomic E-state index is 9.23. The molecule has 0 atom stereocenters. The number of aliphatic hydroxyl groups excluding tert-OH is 1. The van der Waals surface area contributed by atoms with Gasteiger partial charge in [-0.3, -0.25) is 0 Å². The maximum Gasteiger partial charge on any atom is 0.0832 e. The van der Waals surface area contributed by atoms with Gasteiger partial charge in [0.2, 0.25) is 0 Å². The summed E-state index contributed by atoms with van der Waals surface area (Å²) in [5.74, 6) is 0. The summed E-state index contributed by atoms with van der Waals surface area (Å²) in [6.45, 7) is 0.773. The molecule has 19 heavy (non-hydrogen) atoms. The van der Waals surface area contributed by atoms with Gasteiger partial charge in [0.1, 0.15) is 0 Å². The van der Waals surface area contributed by atoms with Crippen LogP contribution in [0.2, 0.25) is 0 Å². The van der Waals surface area contributed by atoms with Crippen molar-refractivity contribution in [1.82, 2.24) is 14.3 Å². The lowest BCUT2D eigenvalue weighted by atomic mass is 10.3. The van der Waals surface area contributed by atoms with Gasteiger partial charge in [-0.15, -0.1) is 0 Å². The quantitative estimate of drug-likeness (QED) is 0.774. The number of aliphatic hydroxyl groups is 1. The van der Waals surface area contributed by atoms with Gasteiger partial charge in [0.05, 0.1) is 25.0 Å². The lowest BCUT2D eigenvalue weighted by Gasteiger charge is -2.05. The second-order valence-corrected chi connectivity index (χ2v) is 4.41. The van der Waals surface area contributed by atoms with Crippen LogP contribution < -0.4 is 0 Å². The van der Waals surface area contributed by atoms with E-state index in [9.17, 15) is 5.11 Å². The summed E-state index contributed by atoms with van der Waals surface area (Å²) >= 11 is 0. The maximum absolute atomic E-state index is 9.23. The van der Waals surface area contributed by atoms with Crippen LogP contribution in [0.3, 0.4) is 0 Å². The average molecular weight is 253 g/mol. The fourth-order valence-corrected chi connectivity index (χ4v) is 2.11. The number of nitrogens with zero attached hydrogens (tertiary/aromatic N) is 3. The molecule has 0 aliphatic heterocycles. The first-order valence-electron chi connectivity index (χ1n) is 6.20. The van der Waals surface area contributed by atoms with Crippen LogP contribution in [0, 0.1) is 0 Å². The lowest BCUT2D eigenvalue weighted by Crippen LogP contribution is -2.02. The minimum atomic E-state index is 0.0554. The third kappa shape index (κ3) is 2.44. The molecule has 3 aromatic rings. The number of benzene rings is 1. The first-order chi connectivity index (χ1) is 9.36. The SMILES string of the molecule is OCc1cccn1Cc1cnn(-c2ccccc2)c1. The Labute approximate surface area is 111 Å². The van der Waals surface area contributed by atoms with Crippen LogP contribution in [0.1, 0.15) is 11.3 Å². The van der Waals surface area contributed by atoms with E-state index in [2.05, 4.69) is 5.10 Å². The molecule has 2 aromatic heterocycles. The summed E-state index contributed by atoms with van der Waals surface area (Å²) in [6, 6.07) is 13.9. The normalized spacial score (nSPS) is 10.8. The molecule has 1 N–H and O–H groups in total. The molecule has 4 nitrogen and oxygen atoms in total. The standard InChI is InChI=1S/C15H15N3O/c19-12-15-7-4-8-17(15)10-13-9-16-18(11-13)14-5-2-1-3-6-14/h1-9,11,19H,10,12H2. The summed E-state index contributed by atoms with van der Waals surface area (Å²) in [6.07, 6.45) is 5.83. The molecule has 0 amide bonds.